The molecule has 1 aliphatic heterocycles. The number of nitrogens with zero attached hydrogens (tertiary/aromatic N) is 1. The first-order chi connectivity index (χ1) is 4.74. The molecule has 0 aliphatic carbocycles. The normalized spacial score (nSPS) is 25.4. The number of rotatable bonds is 2. The van der Waals surface area contributed by atoms with Gasteiger partial charge in [0.05, 0.1) is 0 Å². The molecule has 0 spiro atoms. The second kappa shape index (κ2) is 3.09. The van der Waals surface area contributed by atoms with Crippen molar-refractivity contribution in [3.8, 4) is 0 Å². The zero-order valence-electron chi connectivity index (χ0n) is 7.06. The first kappa shape index (κ1) is 7.64. The Hall–Kier alpha value is -0.460. The molecule has 0 aromatic heterocycles. The maximum absolute atomic E-state index is 4.02. The summed E-state index contributed by atoms with van der Waals surface area (Å²) in [4.78, 5) is 2.41. The second-order valence-corrected chi connectivity index (χ2v) is 3.26. The lowest BCUT2D eigenvalue weighted by Gasteiger charge is -2.19. The van der Waals surface area contributed by atoms with E-state index in [-0.39, 0.29) is 0 Å². The number of hydrogen-bond donors (Lipinski definition) is 0. The molecule has 1 heterocycles. The minimum absolute atomic E-state index is 0.878. The number of allylic oxidation sites excluding steroid dienone is 1. The molecule has 10 heavy (non-hydrogen) atoms. The SMILES string of the molecule is C=C(CC)N1CCC(C)C1. The topological polar surface area (TPSA) is 3.24 Å². The van der Waals surface area contributed by atoms with Crippen LogP contribution in [0.4, 0.5) is 0 Å². The Kier molecular flexibility index (Phi) is 2.36. The lowest BCUT2D eigenvalue weighted by atomic mass is 10.2. The Balaban J connectivity index is 2.37. The minimum Gasteiger partial charge on any atom is -0.375 e. The summed E-state index contributed by atoms with van der Waals surface area (Å²) in [7, 11) is 0. The van der Waals surface area contributed by atoms with Gasteiger partial charge in [0.25, 0.3) is 0 Å². The van der Waals surface area contributed by atoms with Crippen molar-refractivity contribution in [2.45, 2.75) is 26.7 Å². The van der Waals surface area contributed by atoms with Crippen molar-refractivity contribution < 1.29 is 0 Å². The van der Waals surface area contributed by atoms with E-state index in [1.54, 1.807) is 0 Å². The molecule has 1 rings (SSSR count). The van der Waals surface area contributed by atoms with Gasteiger partial charge in [0.1, 0.15) is 0 Å². The van der Waals surface area contributed by atoms with Crippen LogP contribution in [0.25, 0.3) is 0 Å². The molecule has 0 amide bonds. The van der Waals surface area contributed by atoms with Crippen molar-refractivity contribution in [2.75, 3.05) is 13.1 Å². The lowest BCUT2D eigenvalue weighted by Crippen LogP contribution is -2.18. The third kappa shape index (κ3) is 1.53. The molecule has 0 aromatic rings. The molecule has 1 unspecified atom stereocenters. The second-order valence-electron chi connectivity index (χ2n) is 3.26. The van der Waals surface area contributed by atoms with E-state index in [4.69, 9.17) is 0 Å². The molecule has 0 N–H and O–H groups in total. The van der Waals surface area contributed by atoms with E-state index in [2.05, 4.69) is 25.3 Å². The predicted octanol–water partition coefficient (Wildman–Crippen LogP) is 2.25. The van der Waals surface area contributed by atoms with Gasteiger partial charge in [0, 0.05) is 18.8 Å². The van der Waals surface area contributed by atoms with Crippen molar-refractivity contribution in [3.05, 3.63) is 12.3 Å². The average Bonchev–Trinajstić information content (AvgIpc) is 2.34. The number of likely N-dealkylation sites (tertiary alicyclic amines) is 1. The average molecular weight is 139 g/mol. The molecule has 1 atom stereocenters. The van der Waals surface area contributed by atoms with Crippen LogP contribution in [0.5, 0.6) is 0 Å². The molecule has 0 radical (unpaired) electrons. The third-order valence-corrected chi connectivity index (χ3v) is 2.28. The summed E-state index contributed by atoms with van der Waals surface area (Å²) in [5, 5.41) is 0. The largest absolute Gasteiger partial charge is 0.375 e. The van der Waals surface area contributed by atoms with E-state index in [0.717, 1.165) is 12.3 Å². The van der Waals surface area contributed by atoms with Gasteiger partial charge in [0.2, 0.25) is 0 Å². The quantitative estimate of drug-likeness (QED) is 0.567. The molecule has 58 valence electrons. The highest BCUT2D eigenvalue weighted by Crippen LogP contribution is 2.19. The van der Waals surface area contributed by atoms with E-state index in [0.29, 0.717) is 0 Å². The van der Waals surface area contributed by atoms with Crippen LogP contribution < -0.4 is 0 Å². The summed E-state index contributed by atoms with van der Waals surface area (Å²) in [5.74, 6) is 0.878. The molecule has 1 heteroatoms. The van der Waals surface area contributed by atoms with Crippen molar-refractivity contribution in [1.29, 1.82) is 0 Å². The lowest BCUT2D eigenvalue weighted by molar-refractivity contribution is 0.400. The highest BCUT2D eigenvalue weighted by atomic mass is 15.2. The van der Waals surface area contributed by atoms with E-state index < -0.39 is 0 Å². The van der Waals surface area contributed by atoms with Gasteiger partial charge in [-0.15, -0.1) is 0 Å². The molecule has 1 nitrogen and oxygen atoms in total. The Morgan fingerprint density at radius 2 is 2.40 bits per heavy atom. The Morgan fingerprint density at radius 1 is 1.70 bits per heavy atom. The monoisotopic (exact) mass is 139 g/mol. The fourth-order valence-electron chi connectivity index (χ4n) is 1.45. The molecule has 1 aliphatic rings. The molecular formula is C9H17N. The maximum Gasteiger partial charge on any atom is 0.0201 e. The van der Waals surface area contributed by atoms with Crippen LogP contribution in [0.1, 0.15) is 26.7 Å². The summed E-state index contributed by atoms with van der Waals surface area (Å²) in [6.45, 7) is 11.0. The van der Waals surface area contributed by atoms with Crippen LogP contribution in [0.15, 0.2) is 12.3 Å². The van der Waals surface area contributed by atoms with Gasteiger partial charge in [-0.1, -0.05) is 20.4 Å². The van der Waals surface area contributed by atoms with Gasteiger partial charge in [-0.25, -0.2) is 0 Å². The van der Waals surface area contributed by atoms with Crippen molar-refractivity contribution in [3.63, 3.8) is 0 Å². The van der Waals surface area contributed by atoms with E-state index in [9.17, 15) is 0 Å². The Bertz CT molecular complexity index is 129. The van der Waals surface area contributed by atoms with E-state index >= 15 is 0 Å². The predicted molar refractivity (Wildman–Crippen MR) is 44.8 cm³/mol. The molecular weight excluding hydrogens is 122 g/mol. The smallest absolute Gasteiger partial charge is 0.0201 e. The first-order valence-corrected chi connectivity index (χ1v) is 4.16. The maximum atomic E-state index is 4.02. The molecule has 1 saturated heterocycles. The highest BCUT2D eigenvalue weighted by Gasteiger charge is 2.18. The van der Waals surface area contributed by atoms with Gasteiger partial charge in [-0.3, -0.25) is 0 Å². The van der Waals surface area contributed by atoms with Gasteiger partial charge in [-0.2, -0.15) is 0 Å². The summed E-state index contributed by atoms with van der Waals surface area (Å²) in [5.41, 5.74) is 1.31. The standard InChI is InChI=1S/C9H17N/c1-4-9(3)10-6-5-8(2)7-10/h8H,3-7H2,1-2H3. The molecule has 1 fully saturated rings. The van der Waals surface area contributed by atoms with Crippen molar-refractivity contribution in [1.82, 2.24) is 4.90 Å². The minimum atomic E-state index is 0.878. The summed E-state index contributed by atoms with van der Waals surface area (Å²) < 4.78 is 0. The fraction of sp³-hybridized carbons (Fsp3) is 0.778. The van der Waals surface area contributed by atoms with Crippen LogP contribution in [-0.2, 0) is 0 Å². The van der Waals surface area contributed by atoms with Crippen LogP contribution in [0.3, 0.4) is 0 Å². The zero-order chi connectivity index (χ0) is 7.56. The summed E-state index contributed by atoms with van der Waals surface area (Å²) in [6.07, 6.45) is 2.45. The third-order valence-electron chi connectivity index (χ3n) is 2.28. The summed E-state index contributed by atoms with van der Waals surface area (Å²) in [6, 6.07) is 0. The fourth-order valence-corrected chi connectivity index (χ4v) is 1.45. The van der Waals surface area contributed by atoms with Gasteiger partial charge < -0.3 is 4.90 Å². The van der Waals surface area contributed by atoms with Gasteiger partial charge >= 0.3 is 0 Å². The molecule has 0 saturated carbocycles. The van der Waals surface area contributed by atoms with Crippen LogP contribution in [0, 0.1) is 5.92 Å². The number of hydrogen-bond acceptors (Lipinski definition) is 1. The van der Waals surface area contributed by atoms with Crippen molar-refractivity contribution in [2.24, 2.45) is 5.92 Å². The molecule has 0 aromatic carbocycles. The Labute approximate surface area is 63.7 Å². The Morgan fingerprint density at radius 3 is 2.80 bits per heavy atom. The summed E-state index contributed by atoms with van der Waals surface area (Å²) >= 11 is 0. The van der Waals surface area contributed by atoms with E-state index in [1.807, 2.05) is 0 Å². The van der Waals surface area contributed by atoms with E-state index in [1.165, 1.54) is 25.2 Å². The van der Waals surface area contributed by atoms with Crippen LogP contribution >= 0.6 is 0 Å². The van der Waals surface area contributed by atoms with Crippen LogP contribution in [0.2, 0.25) is 0 Å². The van der Waals surface area contributed by atoms with Gasteiger partial charge in [0.15, 0.2) is 0 Å². The first-order valence-electron chi connectivity index (χ1n) is 4.16. The van der Waals surface area contributed by atoms with Crippen molar-refractivity contribution >= 4 is 0 Å². The molecule has 0 bridgehead atoms. The van der Waals surface area contributed by atoms with Gasteiger partial charge in [-0.05, 0) is 18.8 Å². The highest BCUT2D eigenvalue weighted by molar-refractivity contribution is 4.95. The zero-order valence-corrected chi connectivity index (χ0v) is 7.06. The van der Waals surface area contributed by atoms with Crippen LogP contribution in [-0.4, -0.2) is 18.0 Å².